The van der Waals surface area contributed by atoms with Crippen LogP contribution >= 0.6 is 18.1 Å². The van der Waals surface area contributed by atoms with E-state index >= 15 is 0 Å². The van der Waals surface area contributed by atoms with E-state index in [1.54, 1.807) is 6.92 Å². The lowest BCUT2D eigenvalue weighted by atomic mass is 9.75. The second-order valence-corrected chi connectivity index (χ2v) is 23.8. The fourth-order valence-electron chi connectivity index (χ4n) is 8.94. The summed E-state index contributed by atoms with van der Waals surface area (Å²) in [5.41, 5.74) is -0.540. The summed E-state index contributed by atoms with van der Waals surface area (Å²) in [7, 11) is -6.87. The minimum absolute atomic E-state index is 0.0207. The van der Waals surface area contributed by atoms with Crippen molar-refractivity contribution in [2.75, 3.05) is 39.4 Å². The van der Waals surface area contributed by atoms with Crippen LogP contribution in [0.3, 0.4) is 0 Å². The summed E-state index contributed by atoms with van der Waals surface area (Å²) in [6.07, 6.45) is -1.11. The molecule has 68 heavy (non-hydrogen) atoms. The van der Waals surface area contributed by atoms with Gasteiger partial charge in [-0.3, -0.25) is 28.6 Å². The maximum Gasteiger partial charge on any atom is 0.407 e. The third kappa shape index (κ3) is 12.6. The SMILES string of the molecule is Cc1cn([C@H]2CN(C(c3ccccc3)(c3ccccc3)c3ccccc3)C[C@@H](COP(=O)(Cl)N3CCC(NC(=O)C(CC(C)(C)C([SH](=O)=O)[SH](=O)=O)NC(=O)OCC(C)C)CC3)O2)c(=O)[nH]c1=O. The van der Waals surface area contributed by atoms with Gasteiger partial charge < -0.3 is 24.6 Å². The van der Waals surface area contributed by atoms with Gasteiger partial charge in [0.15, 0.2) is 32.2 Å². The number of nitrogens with one attached hydrogen (secondary N) is 3. The van der Waals surface area contributed by atoms with Gasteiger partial charge in [-0.05, 0) is 65.5 Å². The van der Waals surface area contributed by atoms with E-state index in [0.29, 0.717) is 5.56 Å². The number of rotatable bonds is 19. The number of alkyl carbamates (subject to hydrolysis) is 1. The lowest BCUT2D eigenvalue weighted by molar-refractivity contribution is -0.148. The largest absolute Gasteiger partial charge is 0.449 e. The lowest BCUT2D eigenvalue weighted by Gasteiger charge is -2.50. The molecule has 6 rings (SSSR count). The lowest BCUT2D eigenvalue weighted by Crippen LogP contribution is -2.58. The molecule has 1 aromatic heterocycles. The number of amides is 2. The monoisotopic (exact) mass is 1020 g/mol. The number of benzene rings is 3. The number of hydrogen-bond acceptors (Lipinski definition) is 13. The van der Waals surface area contributed by atoms with Crippen LogP contribution in [0, 0.1) is 18.3 Å². The van der Waals surface area contributed by atoms with Gasteiger partial charge in [0.2, 0.25) is 5.91 Å². The third-order valence-electron chi connectivity index (χ3n) is 12.2. The summed E-state index contributed by atoms with van der Waals surface area (Å²) in [4.78, 5) is 57.1. The van der Waals surface area contributed by atoms with Crippen molar-refractivity contribution < 1.29 is 45.0 Å². The Morgan fingerprint density at radius 2 is 1.41 bits per heavy atom. The molecular weight excluding hydrogens is 959 g/mol. The topological polar surface area (TPSA) is 233 Å². The van der Waals surface area contributed by atoms with Crippen LogP contribution in [0.2, 0.25) is 0 Å². The molecule has 370 valence electrons. The van der Waals surface area contributed by atoms with E-state index in [0.717, 1.165) is 16.7 Å². The number of thiol groups is 2. The summed E-state index contributed by atoms with van der Waals surface area (Å²) in [6, 6.07) is 27.9. The minimum Gasteiger partial charge on any atom is -0.449 e. The number of ether oxygens (including phenoxy) is 2. The summed E-state index contributed by atoms with van der Waals surface area (Å²) in [5.74, 6) is -0.708. The smallest absolute Gasteiger partial charge is 0.407 e. The highest BCUT2D eigenvalue weighted by Gasteiger charge is 2.47. The Morgan fingerprint density at radius 1 is 0.882 bits per heavy atom. The van der Waals surface area contributed by atoms with Crippen molar-refractivity contribution in [2.45, 2.75) is 88.4 Å². The number of nitrogens with zero attached hydrogens (tertiary/aromatic N) is 3. The molecule has 2 fully saturated rings. The summed E-state index contributed by atoms with van der Waals surface area (Å²) in [6.45, 7) is 4.33. The van der Waals surface area contributed by atoms with Gasteiger partial charge in [0.1, 0.15) is 6.04 Å². The van der Waals surface area contributed by atoms with Gasteiger partial charge in [0.05, 0.1) is 24.9 Å². The van der Waals surface area contributed by atoms with Crippen LogP contribution in [0.15, 0.2) is 107 Å². The van der Waals surface area contributed by atoms with Crippen LogP contribution in [0.4, 0.5) is 4.79 Å². The minimum atomic E-state index is -4.07. The summed E-state index contributed by atoms with van der Waals surface area (Å²) in [5, 5.41) is 5.35. The first-order chi connectivity index (χ1) is 32.2. The van der Waals surface area contributed by atoms with Gasteiger partial charge in [0, 0.05) is 44.0 Å². The molecule has 0 aliphatic carbocycles. The first kappa shape index (κ1) is 52.7. The predicted octanol–water partition coefficient (Wildman–Crippen LogP) is 4.70. The number of aromatic amines is 1. The number of aromatic nitrogens is 2. The van der Waals surface area contributed by atoms with E-state index < -0.39 is 91.5 Å². The normalized spacial score (nSPS) is 19.2. The Bertz CT molecular complexity index is 2560. The number of morpholine rings is 1. The van der Waals surface area contributed by atoms with Crippen molar-refractivity contribution in [3.63, 3.8) is 0 Å². The number of piperidine rings is 1. The van der Waals surface area contributed by atoms with E-state index in [1.165, 1.54) is 29.3 Å². The first-order valence-electron chi connectivity index (χ1n) is 22.3. The number of carbonyl (C=O) groups excluding carboxylic acids is 2. The van der Waals surface area contributed by atoms with Gasteiger partial charge >= 0.3 is 18.7 Å². The van der Waals surface area contributed by atoms with Crippen LogP contribution in [0.25, 0.3) is 0 Å². The van der Waals surface area contributed by atoms with E-state index in [1.807, 2.05) is 105 Å². The zero-order valence-electron chi connectivity index (χ0n) is 38.5. The molecule has 2 saturated heterocycles. The highest BCUT2D eigenvalue weighted by Crippen LogP contribution is 2.57. The van der Waals surface area contributed by atoms with Crippen molar-refractivity contribution in [3.05, 3.63) is 140 Å². The van der Waals surface area contributed by atoms with Gasteiger partial charge in [0.25, 0.3) is 5.56 Å². The van der Waals surface area contributed by atoms with Crippen molar-refractivity contribution in [2.24, 2.45) is 11.3 Å². The Labute approximate surface area is 403 Å². The molecule has 3 N–H and O–H groups in total. The number of aryl methyl sites for hydroxylation is 1. The van der Waals surface area contributed by atoms with Gasteiger partial charge in [-0.25, -0.2) is 31.1 Å². The second kappa shape index (κ2) is 22.8. The Morgan fingerprint density at radius 3 is 1.91 bits per heavy atom. The van der Waals surface area contributed by atoms with Gasteiger partial charge in [-0.15, -0.1) is 0 Å². The van der Waals surface area contributed by atoms with E-state index in [4.69, 9.17) is 25.2 Å². The molecule has 3 heterocycles. The molecule has 0 bridgehead atoms. The first-order valence-corrected chi connectivity index (χ1v) is 27.3. The number of hydrogen-bond donors (Lipinski definition) is 5. The standard InChI is InChI=1S/C46H60ClN6O12PS2/c1-31(2)29-63-44(57)49-38(25-45(4,5)42(67(59)60)68(61)62)41(55)48-36-21-23-52(24-22-36)66(47,58)64-30-37-27-51(28-39(65-37)53-26-32(3)40(54)50-43(53)56)46(33-15-9-6-10-16-33,34-17-11-7-12-18-34)35-19-13-8-14-20-35/h6-20,26,31,36-39,42,67-68H,21-25,27-30H2,1-5H3,(H,48,55)(H,49,57)(H,50,54,56)/t37-,38?,39+,66?/m0/s1. The molecule has 2 unspecified atom stereocenters. The van der Waals surface area contributed by atoms with Crippen LogP contribution in [0.1, 0.15) is 75.4 Å². The second-order valence-electron chi connectivity index (χ2n) is 18.2. The molecule has 2 aliphatic heterocycles. The van der Waals surface area contributed by atoms with Crippen LogP contribution in [0.5, 0.6) is 0 Å². The third-order valence-corrected chi connectivity index (χ3v) is 18.0. The van der Waals surface area contributed by atoms with E-state index in [2.05, 4.69) is 20.5 Å². The summed E-state index contributed by atoms with van der Waals surface area (Å²) < 4.78 is 81.2. The molecule has 2 aliphatic rings. The molecule has 0 saturated carbocycles. The van der Waals surface area contributed by atoms with Gasteiger partial charge in [-0.1, -0.05) is 119 Å². The maximum absolute atomic E-state index is 14.3. The van der Waals surface area contributed by atoms with Crippen molar-refractivity contribution >= 4 is 51.5 Å². The molecule has 2 amide bonds. The number of halogens is 1. The average molecular weight is 1020 g/mol. The molecule has 4 atom stereocenters. The van der Waals surface area contributed by atoms with Gasteiger partial charge in [-0.2, -0.15) is 0 Å². The maximum atomic E-state index is 14.3. The van der Waals surface area contributed by atoms with Crippen LogP contribution in [-0.2, 0) is 50.3 Å². The number of H-pyrrole nitrogens is 1. The fourth-order valence-corrected chi connectivity index (χ4v) is 12.8. The highest BCUT2D eigenvalue weighted by atomic mass is 35.7. The average Bonchev–Trinajstić information content (AvgIpc) is 3.29. The molecule has 0 radical (unpaired) electrons. The molecule has 18 nitrogen and oxygen atoms in total. The number of carbonyl (C=O) groups is 2. The highest BCUT2D eigenvalue weighted by molar-refractivity contribution is 7.91. The van der Waals surface area contributed by atoms with Crippen molar-refractivity contribution in [1.29, 1.82) is 0 Å². The van der Waals surface area contributed by atoms with Crippen molar-refractivity contribution in [3.8, 4) is 0 Å². The Hall–Kier alpha value is -4.66. The zero-order chi connectivity index (χ0) is 49.4. The molecule has 3 aromatic carbocycles. The van der Waals surface area contributed by atoms with Crippen LogP contribution < -0.4 is 21.9 Å². The van der Waals surface area contributed by atoms with Crippen LogP contribution in [-0.4, -0.2) is 110 Å². The predicted molar refractivity (Wildman–Crippen MR) is 259 cm³/mol. The molecule has 0 spiro atoms. The summed E-state index contributed by atoms with van der Waals surface area (Å²) >= 11 is 6.78. The zero-order valence-corrected chi connectivity index (χ0v) is 42.0. The van der Waals surface area contributed by atoms with E-state index in [9.17, 15) is 40.6 Å². The van der Waals surface area contributed by atoms with Crippen molar-refractivity contribution in [1.82, 2.24) is 29.8 Å². The Balaban J connectivity index is 1.22. The quantitative estimate of drug-likeness (QED) is 0.0487. The fraction of sp³-hybridized carbons (Fsp3) is 0.478. The molecular formula is C46H60ClN6O12PS2. The molecule has 4 aromatic rings. The molecule has 22 heteroatoms. The van der Waals surface area contributed by atoms with E-state index in [-0.39, 0.29) is 64.6 Å². The Kier molecular flexibility index (Phi) is 17.7.